The maximum Gasteiger partial charge on any atom is 0.326 e. The van der Waals surface area contributed by atoms with Crippen molar-refractivity contribution >= 4 is 64.2 Å². The van der Waals surface area contributed by atoms with E-state index in [1.807, 2.05) is 0 Å². The van der Waals surface area contributed by atoms with Crippen molar-refractivity contribution in [2.45, 2.75) is 18.3 Å². The lowest BCUT2D eigenvalue weighted by atomic mass is 10.0. The molecule has 0 N–H and O–H groups in total. The summed E-state index contributed by atoms with van der Waals surface area (Å²) < 4.78 is 4.85. The molecule has 24 heavy (non-hydrogen) atoms. The number of carbonyl (C=O) groups is 3. The Hall–Kier alpha value is -0.950. The van der Waals surface area contributed by atoms with Crippen LogP contribution >= 0.6 is 46.6 Å². The predicted molar refractivity (Wildman–Crippen MR) is 92.4 cm³/mol. The molecule has 2 heterocycles. The molecule has 0 radical (unpaired) electrons. The van der Waals surface area contributed by atoms with Gasteiger partial charge >= 0.3 is 5.97 Å². The number of esters is 1. The van der Waals surface area contributed by atoms with Gasteiger partial charge in [-0.15, -0.1) is 11.8 Å². The van der Waals surface area contributed by atoms with Gasteiger partial charge in [0.05, 0.1) is 16.7 Å². The molecule has 0 bridgehead atoms. The molecule has 0 aliphatic carbocycles. The summed E-state index contributed by atoms with van der Waals surface area (Å²) in [5, 5.41) is 0.403. The van der Waals surface area contributed by atoms with Crippen LogP contribution in [-0.4, -0.2) is 41.0 Å². The first kappa shape index (κ1) is 17.9. The van der Waals surface area contributed by atoms with Crippen molar-refractivity contribution in [2.75, 3.05) is 12.4 Å². The molecule has 1 aromatic rings. The van der Waals surface area contributed by atoms with Gasteiger partial charge in [-0.25, -0.2) is 0 Å². The number of benzene rings is 1. The quantitative estimate of drug-likeness (QED) is 0.436. The van der Waals surface area contributed by atoms with Crippen LogP contribution in [0.5, 0.6) is 0 Å². The van der Waals surface area contributed by atoms with Crippen LogP contribution in [0.3, 0.4) is 0 Å². The van der Waals surface area contributed by atoms with Crippen LogP contribution in [0.2, 0.25) is 15.1 Å². The van der Waals surface area contributed by atoms with Crippen LogP contribution in [0, 0.1) is 5.92 Å². The highest BCUT2D eigenvalue weighted by molar-refractivity contribution is 7.99. The molecule has 0 saturated carbocycles. The Kier molecular flexibility index (Phi) is 5.02. The minimum Gasteiger partial charge on any atom is -0.465 e. The van der Waals surface area contributed by atoms with E-state index in [-0.39, 0.29) is 16.7 Å². The minimum atomic E-state index is -1.40. The van der Waals surface area contributed by atoms with E-state index in [4.69, 9.17) is 39.5 Å². The lowest BCUT2D eigenvalue weighted by Gasteiger charge is -2.24. The van der Waals surface area contributed by atoms with E-state index in [2.05, 4.69) is 0 Å². The van der Waals surface area contributed by atoms with E-state index in [1.54, 1.807) is 13.0 Å². The second-order valence-electron chi connectivity index (χ2n) is 5.33. The number of rotatable bonds is 3. The average molecular weight is 409 g/mol. The van der Waals surface area contributed by atoms with Crippen LogP contribution in [0.4, 0.5) is 0 Å². The lowest BCUT2D eigenvalue weighted by Crippen LogP contribution is -2.33. The number of hydrogen-bond acceptors (Lipinski definition) is 5. The van der Waals surface area contributed by atoms with Gasteiger partial charge in [0.25, 0.3) is 0 Å². The van der Waals surface area contributed by atoms with Crippen molar-refractivity contribution in [1.29, 1.82) is 0 Å². The van der Waals surface area contributed by atoms with E-state index in [9.17, 15) is 14.4 Å². The Bertz CT molecular complexity index is 742. The number of hydrogen-bond donors (Lipinski definition) is 0. The van der Waals surface area contributed by atoms with Gasteiger partial charge in [0.2, 0.25) is 5.91 Å². The Balaban J connectivity index is 1.97. The normalized spacial score (nSPS) is 26.0. The van der Waals surface area contributed by atoms with Crippen molar-refractivity contribution in [2.24, 2.45) is 5.92 Å². The van der Waals surface area contributed by atoms with Crippen molar-refractivity contribution in [3.05, 3.63) is 32.8 Å². The Morgan fingerprint density at radius 1 is 1.33 bits per heavy atom. The molecule has 128 valence electrons. The molecule has 3 rings (SSSR count). The fourth-order valence-electron chi connectivity index (χ4n) is 2.90. The first-order valence-electron chi connectivity index (χ1n) is 7.15. The Morgan fingerprint density at radius 2 is 2.04 bits per heavy atom. The molecule has 2 aliphatic rings. The van der Waals surface area contributed by atoms with Gasteiger partial charge in [0, 0.05) is 16.3 Å². The zero-order valence-electron chi connectivity index (χ0n) is 12.4. The lowest BCUT2D eigenvalue weighted by molar-refractivity contribution is -0.154. The molecular formula is C15H12Cl3NO4S. The van der Waals surface area contributed by atoms with Crippen LogP contribution in [0.25, 0.3) is 0 Å². The van der Waals surface area contributed by atoms with Gasteiger partial charge in [0.15, 0.2) is 11.7 Å². The van der Waals surface area contributed by atoms with E-state index >= 15 is 0 Å². The summed E-state index contributed by atoms with van der Waals surface area (Å²) in [4.78, 5) is 38.4. The summed E-state index contributed by atoms with van der Waals surface area (Å²) in [6.45, 7) is 1.73. The Labute approximate surface area is 157 Å². The summed E-state index contributed by atoms with van der Waals surface area (Å²) >= 11 is 19.7. The molecule has 2 saturated heterocycles. The maximum absolute atomic E-state index is 12.7. The van der Waals surface area contributed by atoms with Gasteiger partial charge in [-0.1, -0.05) is 34.8 Å². The molecule has 5 nitrogen and oxygen atoms in total. The smallest absolute Gasteiger partial charge is 0.326 e. The zero-order chi connectivity index (χ0) is 17.6. The Morgan fingerprint density at radius 3 is 2.71 bits per heavy atom. The monoisotopic (exact) mass is 407 g/mol. The molecule has 1 unspecified atom stereocenters. The molecule has 3 atom stereocenters. The third kappa shape index (κ3) is 2.79. The van der Waals surface area contributed by atoms with Crippen LogP contribution in [0.1, 0.15) is 17.9 Å². The molecule has 0 spiro atoms. The highest BCUT2D eigenvalue weighted by atomic mass is 35.5. The zero-order valence-corrected chi connectivity index (χ0v) is 15.5. The molecule has 9 heteroatoms. The first-order valence-corrected chi connectivity index (χ1v) is 9.33. The number of carbonyl (C=O) groups excluding carboxylic acids is 3. The summed E-state index contributed by atoms with van der Waals surface area (Å²) in [6.07, 6.45) is 0. The molecule has 1 amide bonds. The number of thioether (sulfide) groups is 1. The fourth-order valence-corrected chi connectivity index (χ4v) is 5.15. The SMILES string of the molecule is CCOC(=O)C1C(=O)[C@H]2CS[C@H](c3cc(Cl)cc(Cl)c3Cl)N2C1=O. The van der Waals surface area contributed by atoms with E-state index in [0.29, 0.717) is 16.3 Å². The largest absolute Gasteiger partial charge is 0.465 e. The van der Waals surface area contributed by atoms with Gasteiger partial charge in [-0.2, -0.15) is 0 Å². The first-order chi connectivity index (χ1) is 11.4. The summed E-state index contributed by atoms with van der Waals surface area (Å²) in [7, 11) is 0. The number of nitrogens with zero attached hydrogens (tertiary/aromatic N) is 1. The highest BCUT2D eigenvalue weighted by Gasteiger charge is 2.57. The van der Waals surface area contributed by atoms with Gasteiger partial charge in [-0.05, 0) is 19.1 Å². The fraction of sp³-hybridized carbons (Fsp3) is 0.400. The second kappa shape index (κ2) is 6.75. The molecule has 0 aromatic heterocycles. The summed E-state index contributed by atoms with van der Waals surface area (Å²) in [6, 6.07) is 2.45. The number of halogens is 3. The highest BCUT2D eigenvalue weighted by Crippen LogP contribution is 2.49. The van der Waals surface area contributed by atoms with Crippen molar-refractivity contribution in [1.82, 2.24) is 4.90 Å². The second-order valence-corrected chi connectivity index (χ2v) is 7.66. The average Bonchev–Trinajstić information content (AvgIpc) is 3.04. The minimum absolute atomic E-state index is 0.106. The number of ketones is 1. The number of fused-ring (bicyclic) bond motifs is 1. The number of ether oxygens (including phenoxy) is 1. The van der Waals surface area contributed by atoms with Crippen LogP contribution in [-0.2, 0) is 19.1 Å². The van der Waals surface area contributed by atoms with Crippen LogP contribution < -0.4 is 0 Å². The van der Waals surface area contributed by atoms with Gasteiger partial charge in [-0.3, -0.25) is 14.4 Å². The van der Waals surface area contributed by atoms with Crippen molar-refractivity contribution in [3.8, 4) is 0 Å². The number of amides is 1. The molecular weight excluding hydrogens is 397 g/mol. The maximum atomic E-state index is 12.7. The standard InChI is InChI=1S/C15H12Cl3NO4S/c1-2-23-15(22)10-12(20)9-5-24-14(19(9)13(10)21)7-3-6(16)4-8(17)11(7)18/h3-4,9-10,14H,2,5H2,1H3/t9-,10?,14-/m1/s1. The predicted octanol–water partition coefficient (Wildman–Crippen LogP) is 3.35. The summed E-state index contributed by atoms with van der Waals surface area (Å²) in [5.74, 6) is -2.82. The van der Waals surface area contributed by atoms with Gasteiger partial charge < -0.3 is 9.64 Å². The van der Waals surface area contributed by atoms with E-state index in [0.717, 1.165) is 0 Å². The van der Waals surface area contributed by atoms with Crippen molar-refractivity contribution < 1.29 is 19.1 Å². The van der Waals surface area contributed by atoms with Crippen LogP contribution in [0.15, 0.2) is 12.1 Å². The molecule has 2 fully saturated rings. The van der Waals surface area contributed by atoms with E-state index < -0.39 is 35.0 Å². The topological polar surface area (TPSA) is 63.7 Å². The van der Waals surface area contributed by atoms with E-state index in [1.165, 1.54) is 22.7 Å². The number of Topliss-reactive ketones (excluding diaryl/α,β-unsaturated/α-hetero) is 1. The molecule has 2 aliphatic heterocycles. The third-order valence-electron chi connectivity index (χ3n) is 3.92. The molecule has 1 aromatic carbocycles. The van der Waals surface area contributed by atoms with Crippen molar-refractivity contribution in [3.63, 3.8) is 0 Å². The third-order valence-corrected chi connectivity index (χ3v) is 6.26. The van der Waals surface area contributed by atoms with Gasteiger partial charge in [0.1, 0.15) is 11.4 Å². The summed E-state index contributed by atoms with van der Waals surface area (Å²) in [5.41, 5.74) is 0.548.